The van der Waals surface area contributed by atoms with E-state index in [1.54, 1.807) is 0 Å². The molecular weight excluding hydrogens is 304 g/mol. The van der Waals surface area contributed by atoms with Crippen LogP contribution in [-0.2, 0) is 17.9 Å². The van der Waals surface area contributed by atoms with Crippen LogP contribution in [0.4, 0.5) is 5.69 Å². The van der Waals surface area contributed by atoms with Crippen molar-refractivity contribution >= 4 is 11.6 Å². The number of tetrazole rings is 1. The number of hydrogen-bond acceptors (Lipinski definition) is 5. The number of carbonyl (C=O) groups is 1. The molecule has 0 bridgehead atoms. The number of amides is 1. The van der Waals surface area contributed by atoms with Crippen molar-refractivity contribution in [1.29, 1.82) is 0 Å². The molecule has 1 aromatic heterocycles. The van der Waals surface area contributed by atoms with Gasteiger partial charge in [-0.3, -0.25) is 9.69 Å². The van der Waals surface area contributed by atoms with E-state index in [0.29, 0.717) is 6.54 Å². The van der Waals surface area contributed by atoms with Crippen LogP contribution < -0.4 is 4.90 Å². The van der Waals surface area contributed by atoms with Crippen molar-refractivity contribution in [2.24, 2.45) is 0 Å². The molecule has 7 heteroatoms. The standard InChI is InChI=1S/C17H24N6O/c1-3-11-23-16(18-19-20-23)13-21(4-2)15-10-12-22(17(15)24)14-8-6-5-7-9-14/h5-9,15H,3-4,10-13H2,1-2H3/t15-/m0/s1. The summed E-state index contributed by atoms with van der Waals surface area (Å²) in [5.41, 5.74) is 0.969. The van der Waals surface area contributed by atoms with E-state index in [1.165, 1.54) is 0 Å². The fraction of sp³-hybridized carbons (Fsp3) is 0.529. The van der Waals surface area contributed by atoms with Crippen LogP contribution in [0.1, 0.15) is 32.5 Å². The molecular formula is C17H24N6O. The minimum absolute atomic E-state index is 0.109. The Balaban J connectivity index is 1.72. The van der Waals surface area contributed by atoms with E-state index in [9.17, 15) is 4.79 Å². The van der Waals surface area contributed by atoms with Crippen molar-refractivity contribution < 1.29 is 4.79 Å². The van der Waals surface area contributed by atoms with Crippen molar-refractivity contribution in [2.45, 2.75) is 45.8 Å². The van der Waals surface area contributed by atoms with Crippen LogP contribution in [-0.4, -0.2) is 50.1 Å². The highest BCUT2D eigenvalue weighted by atomic mass is 16.2. The molecule has 1 fully saturated rings. The molecule has 7 nitrogen and oxygen atoms in total. The Bertz CT molecular complexity index is 671. The van der Waals surface area contributed by atoms with Gasteiger partial charge in [0.1, 0.15) is 0 Å². The Morgan fingerprint density at radius 3 is 2.75 bits per heavy atom. The zero-order valence-electron chi connectivity index (χ0n) is 14.3. The van der Waals surface area contributed by atoms with E-state index >= 15 is 0 Å². The molecule has 0 N–H and O–H groups in total. The predicted octanol–water partition coefficient (Wildman–Crippen LogP) is 1.71. The summed E-state index contributed by atoms with van der Waals surface area (Å²) >= 11 is 0. The predicted molar refractivity (Wildman–Crippen MR) is 91.4 cm³/mol. The van der Waals surface area contributed by atoms with Crippen molar-refractivity contribution in [3.63, 3.8) is 0 Å². The van der Waals surface area contributed by atoms with Crippen molar-refractivity contribution in [3.8, 4) is 0 Å². The molecule has 1 saturated heterocycles. The number of benzene rings is 1. The summed E-state index contributed by atoms with van der Waals surface area (Å²) in [6.45, 7) is 7.12. The largest absolute Gasteiger partial charge is 0.311 e. The lowest BCUT2D eigenvalue weighted by Gasteiger charge is -2.26. The van der Waals surface area contributed by atoms with E-state index in [2.05, 4.69) is 34.3 Å². The Labute approximate surface area is 142 Å². The third-order valence-electron chi connectivity index (χ3n) is 4.48. The highest BCUT2D eigenvalue weighted by Gasteiger charge is 2.36. The fourth-order valence-electron chi connectivity index (χ4n) is 3.21. The molecule has 2 heterocycles. The zero-order chi connectivity index (χ0) is 16.9. The molecule has 0 spiro atoms. The van der Waals surface area contributed by atoms with Crippen LogP contribution in [0.25, 0.3) is 0 Å². The SMILES string of the molecule is CCCn1nnnc1CN(CC)[C@H]1CCN(c2ccccc2)C1=O. The number of aryl methyl sites for hydroxylation is 1. The summed E-state index contributed by atoms with van der Waals surface area (Å²) in [5.74, 6) is 0.988. The normalized spacial score (nSPS) is 17.9. The molecule has 1 atom stereocenters. The van der Waals surface area contributed by atoms with Crippen LogP contribution >= 0.6 is 0 Å². The van der Waals surface area contributed by atoms with Crippen molar-refractivity contribution in [2.75, 3.05) is 18.0 Å². The van der Waals surface area contributed by atoms with E-state index in [4.69, 9.17) is 0 Å². The first-order valence-corrected chi connectivity index (χ1v) is 8.60. The summed E-state index contributed by atoms with van der Waals surface area (Å²) < 4.78 is 1.83. The smallest absolute Gasteiger partial charge is 0.244 e. The quantitative estimate of drug-likeness (QED) is 0.774. The Morgan fingerprint density at radius 2 is 2.04 bits per heavy atom. The maximum atomic E-state index is 12.9. The average Bonchev–Trinajstić information content (AvgIpc) is 3.20. The van der Waals surface area contributed by atoms with Gasteiger partial charge < -0.3 is 4.90 Å². The number of para-hydroxylation sites is 1. The van der Waals surface area contributed by atoms with Gasteiger partial charge in [0.2, 0.25) is 5.91 Å². The minimum atomic E-state index is -0.109. The first-order valence-electron chi connectivity index (χ1n) is 8.60. The number of aromatic nitrogens is 4. The first-order chi connectivity index (χ1) is 11.7. The van der Waals surface area contributed by atoms with Crippen molar-refractivity contribution in [3.05, 3.63) is 36.2 Å². The molecule has 2 aromatic rings. The summed E-state index contributed by atoms with van der Waals surface area (Å²) in [7, 11) is 0. The first kappa shape index (κ1) is 16.6. The van der Waals surface area contributed by atoms with Crippen molar-refractivity contribution in [1.82, 2.24) is 25.1 Å². The third kappa shape index (κ3) is 3.31. The van der Waals surface area contributed by atoms with E-state index in [0.717, 1.165) is 44.0 Å². The van der Waals surface area contributed by atoms with Crippen LogP contribution in [0.5, 0.6) is 0 Å². The summed E-state index contributed by atoms with van der Waals surface area (Å²) in [6.07, 6.45) is 1.81. The van der Waals surface area contributed by atoms with E-state index in [-0.39, 0.29) is 11.9 Å². The van der Waals surface area contributed by atoms with Gasteiger partial charge in [0.05, 0.1) is 12.6 Å². The average molecular weight is 328 g/mol. The molecule has 1 aliphatic heterocycles. The highest BCUT2D eigenvalue weighted by molar-refractivity contribution is 5.99. The van der Waals surface area contributed by atoms with Crippen LogP contribution in [0.3, 0.4) is 0 Å². The van der Waals surface area contributed by atoms with E-state index in [1.807, 2.05) is 39.9 Å². The lowest BCUT2D eigenvalue weighted by molar-refractivity contribution is -0.121. The van der Waals surface area contributed by atoms with Crippen LogP contribution in [0.15, 0.2) is 30.3 Å². The van der Waals surface area contributed by atoms with E-state index < -0.39 is 0 Å². The van der Waals surface area contributed by atoms with Gasteiger partial charge in [-0.1, -0.05) is 32.0 Å². The number of likely N-dealkylation sites (N-methyl/N-ethyl adjacent to an activating group) is 1. The molecule has 3 rings (SSSR count). The minimum Gasteiger partial charge on any atom is -0.311 e. The van der Waals surface area contributed by atoms with Gasteiger partial charge in [-0.25, -0.2) is 4.68 Å². The van der Waals surface area contributed by atoms with Gasteiger partial charge in [0, 0.05) is 18.8 Å². The maximum absolute atomic E-state index is 12.9. The van der Waals surface area contributed by atoms with Gasteiger partial charge in [-0.15, -0.1) is 5.10 Å². The highest BCUT2D eigenvalue weighted by Crippen LogP contribution is 2.24. The number of nitrogens with zero attached hydrogens (tertiary/aromatic N) is 6. The Morgan fingerprint density at radius 1 is 1.25 bits per heavy atom. The number of carbonyl (C=O) groups excluding carboxylic acids is 1. The molecule has 128 valence electrons. The molecule has 1 amide bonds. The molecule has 1 aliphatic rings. The summed E-state index contributed by atoms with van der Waals surface area (Å²) in [6, 6.07) is 9.75. The van der Waals surface area contributed by atoms with Gasteiger partial charge in [-0.05, 0) is 41.9 Å². The maximum Gasteiger partial charge on any atom is 0.244 e. The second-order valence-corrected chi connectivity index (χ2v) is 6.01. The number of rotatable bonds is 7. The van der Waals surface area contributed by atoms with Crippen LogP contribution in [0.2, 0.25) is 0 Å². The molecule has 0 radical (unpaired) electrons. The third-order valence-corrected chi connectivity index (χ3v) is 4.48. The van der Waals surface area contributed by atoms with Gasteiger partial charge in [0.25, 0.3) is 0 Å². The fourth-order valence-corrected chi connectivity index (χ4v) is 3.21. The second-order valence-electron chi connectivity index (χ2n) is 6.01. The number of anilines is 1. The molecule has 0 aliphatic carbocycles. The van der Waals surface area contributed by atoms with Gasteiger partial charge in [0.15, 0.2) is 5.82 Å². The second kappa shape index (κ2) is 7.53. The Kier molecular flexibility index (Phi) is 5.20. The molecule has 1 aromatic carbocycles. The molecule has 24 heavy (non-hydrogen) atoms. The lowest BCUT2D eigenvalue weighted by atomic mass is 10.2. The lowest BCUT2D eigenvalue weighted by Crippen LogP contribution is -2.42. The van der Waals surface area contributed by atoms with Gasteiger partial charge in [-0.2, -0.15) is 0 Å². The molecule has 0 saturated carbocycles. The number of hydrogen-bond donors (Lipinski definition) is 0. The monoisotopic (exact) mass is 328 g/mol. The topological polar surface area (TPSA) is 67.2 Å². The summed E-state index contributed by atoms with van der Waals surface area (Å²) in [5, 5.41) is 11.9. The Hall–Kier alpha value is -2.28. The van der Waals surface area contributed by atoms with Gasteiger partial charge >= 0.3 is 0 Å². The zero-order valence-corrected chi connectivity index (χ0v) is 14.3. The summed E-state index contributed by atoms with van der Waals surface area (Å²) in [4.78, 5) is 16.9. The molecule has 0 unspecified atom stereocenters. The van der Waals surface area contributed by atoms with Crippen LogP contribution in [0, 0.1) is 0 Å².